The Hall–Kier alpha value is -1.75. The Morgan fingerprint density at radius 2 is 1.48 bits per heavy atom. The second-order valence-corrected chi connectivity index (χ2v) is 7.89. The first-order valence-electron chi connectivity index (χ1n) is 7.94. The molecule has 5 aliphatic rings. The normalized spacial score (nSPS) is 39.4. The van der Waals surface area contributed by atoms with Crippen molar-refractivity contribution in [2.45, 2.75) is 6.42 Å². The van der Waals surface area contributed by atoms with E-state index in [4.69, 9.17) is 0 Å². The van der Waals surface area contributed by atoms with Gasteiger partial charge in [-0.1, -0.05) is 28.1 Å². The maximum Gasteiger partial charge on any atom is 0.267 e. The van der Waals surface area contributed by atoms with Crippen LogP contribution in [0.4, 0.5) is 0 Å². The minimum Gasteiger partial charge on any atom is -0.274 e. The van der Waals surface area contributed by atoms with Crippen molar-refractivity contribution in [3.8, 4) is 0 Å². The Kier molecular flexibility index (Phi) is 2.62. The molecule has 5 heteroatoms. The Bertz CT molecular complexity index is 748. The highest BCUT2D eigenvalue weighted by Crippen LogP contribution is 2.65. The predicted molar refractivity (Wildman–Crippen MR) is 85.0 cm³/mol. The fraction of sp³-hybridized carbons (Fsp3) is 0.389. The van der Waals surface area contributed by atoms with E-state index >= 15 is 0 Å². The first-order valence-corrected chi connectivity index (χ1v) is 8.73. The van der Waals surface area contributed by atoms with Gasteiger partial charge in [-0.25, -0.2) is 4.90 Å². The number of allylic oxidation sites excluding steroid dienone is 2. The van der Waals surface area contributed by atoms with Gasteiger partial charge in [-0.2, -0.15) is 0 Å². The maximum atomic E-state index is 12.8. The second-order valence-electron chi connectivity index (χ2n) is 6.98. The van der Waals surface area contributed by atoms with E-state index in [-0.39, 0.29) is 35.5 Å². The smallest absolute Gasteiger partial charge is 0.267 e. The van der Waals surface area contributed by atoms with E-state index in [1.165, 1.54) is 0 Å². The van der Waals surface area contributed by atoms with Crippen LogP contribution >= 0.6 is 15.9 Å². The molecule has 116 valence electrons. The molecule has 1 aliphatic heterocycles. The number of imide groups is 3. The molecule has 1 aromatic carbocycles. The van der Waals surface area contributed by atoms with Crippen LogP contribution in [0.2, 0.25) is 0 Å². The minimum atomic E-state index is -0.491. The number of hydrogen-bond donors (Lipinski definition) is 0. The molecule has 4 nitrogen and oxygen atoms in total. The van der Waals surface area contributed by atoms with Crippen LogP contribution in [0.1, 0.15) is 16.8 Å². The van der Waals surface area contributed by atoms with Crippen molar-refractivity contribution in [3.05, 3.63) is 46.5 Å². The summed E-state index contributed by atoms with van der Waals surface area (Å²) in [7, 11) is 0. The zero-order chi connectivity index (χ0) is 15.9. The molecular weight excluding hydrogens is 358 g/mol. The van der Waals surface area contributed by atoms with Crippen LogP contribution in [-0.2, 0) is 9.59 Å². The molecule has 2 saturated carbocycles. The average molecular weight is 372 g/mol. The first-order chi connectivity index (χ1) is 11.1. The SMILES string of the molecule is O=C(c1ccc(Br)cc1)N1C(=O)[C@@H]2[C@H]3C=C[C@@H]([C@@H]4C[C@H]34)[C@@H]2C1=O. The molecular formula is C18H14BrNO3. The lowest BCUT2D eigenvalue weighted by molar-refractivity contribution is -0.136. The largest absolute Gasteiger partial charge is 0.274 e. The van der Waals surface area contributed by atoms with Crippen molar-refractivity contribution in [1.29, 1.82) is 0 Å². The van der Waals surface area contributed by atoms with E-state index in [2.05, 4.69) is 28.1 Å². The van der Waals surface area contributed by atoms with Gasteiger partial charge in [-0.15, -0.1) is 0 Å². The van der Waals surface area contributed by atoms with E-state index in [9.17, 15) is 14.4 Å². The van der Waals surface area contributed by atoms with Crippen molar-refractivity contribution >= 4 is 33.7 Å². The summed E-state index contributed by atoms with van der Waals surface area (Å²) in [6.45, 7) is 0. The zero-order valence-electron chi connectivity index (χ0n) is 12.2. The number of halogens is 1. The molecule has 4 aliphatic carbocycles. The molecule has 1 saturated heterocycles. The van der Waals surface area contributed by atoms with Crippen molar-refractivity contribution in [1.82, 2.24) is 4.90 Å². The average Bonchev–Trinajstić information content (AvgIpc) is 3.32. The Morgan fingerprint density at radius 1 is 0.957 bits per heavy atom. The number of rotatable bonds is 1. The molecule has 3 amide bonds. The van der Waals surface area contributed by atoms with Crippen molar-refractivity contribution in [3.63, 3.8) is 0 Å². The lowest BCUT2D eigenvalue weighted by atomic mass is 9.63. The van der Waals surface area contributed by atoms with Gasteiger partial charge in [-0.3, -0.25) is 14.4 Å². The minimum absolute atomic E-state index is 0.147. The van der Waals surface area contributed by atoms with Crippen LogP contribution in [0.15, 0.2) is 40.9 Å². The van der Waals surface area contributed by atoms with Gasteiger partial charge in [-0.05, 0) is 54.4 Å². The fourth-order valence-corrected chi connectivity index (χ4v) is 5.14. The monoisotopic (exact) mass is 371 g/mol. The molecule has 0 radical (unpaired) electrons. The first kappa shape index (κ1) is 13.7. The fourth-order valence-electron chi connectivity index (χ4n) is 4.88. The zero-order valence-corrected chi connectivity index (χ0v) is 13.8. The highest BCUT2D eigenvalue weighted by atomic mass is 79.9. The van der Waals surface area contributed by atoms with E-state index in [0.717, 1.165) is 15.8 Å². The lowest BCUT2D eigenvalue weighted by Crippen LogP contribution is -2.40. The molecule has 0 unspecified atom stereocenters. The number of carbonyl (C=O) groups is 3. The standard InChI is InChI=1S/C18H14BrNO3/c19-9-3-1-8(2-4-9)16(21)20-17(22)14-10-5-6-11(13-7-12(10)13)15(14)18(20)23/h1-6,10-15H,7H2/t10-,11-,12-,13+,14-,15+/m0/s1. The van der Waals surface area contributed by atoms with E-state index < -0.39 is 5.91 Å². The van der Waals surface area contributed by atoms with Crippen LogP contribution < -0.4 is 0 Å². The van der Waals surface area contributed by atoms with E-state index in [0.29, 0.717) is 17.4 Å². The summed E-state index contributed by atoms with van der Waals surface area (Å²) in [4.78, 5) is 39.3. The quantitative estimate of drug-likeness (QED) is 0.563. The third kappa shape index (κ3) is 1.69. The number of benzene rings is 1. The number of hydrogen-bond acceptors (Lipinski definition) is 3. The molecule has 6 rings (SSSR count). The van der Waals surface area contributed by atoms with Crippen LogP contribution in [-0.4, -0.2) is 22.6 Å². The van der Waals surface area contributed by atoms with Crippen molar-refractivity contribution in [2.24, 2.45) is 35.5 Å². The number of nitrogens with zero attached hydrogens (tertiary/aromatic N) is 1. The van der Waals surface area contributed by atoms with Crippen molar-refractivity contribution < 1.29 is 14.4 Å². The van der Waals surface area contributed by atoms with Crippen LogP contribution in [0.3, 0.4) is 0 Å². The molecule has 23 heavy (non-hydrogen) atoms. The number of likely N-dealkylation sites (tertiary alicyclic amines) is 1. The third-order valence-electron chi connectivity index (χ3n) is 5.96. The highest BCUT2D eigenvalue weighted by molar-refractivity contribution is 9.10. The third-order valence-corrected chi connectivity index (χ3v) is 6.49. The van der Waals surface area contributed by atoms with Gasteiger partial charge in [0.05, 0.1) is 11.8 Å². The summed E-state index contributed by atoms with van der Waals surface area (Å²) < 4.78 is 0.851. The van der Waals surface area contributed by atoms with Crippen LogP contribution in [0, 0.1) is 35.5 Å². The van der Waals surface area contributed by atoms with Gasteiger partial charge in [0.25, 0.3) is 5.91 Å². The Balaban J connectivity index is 1.52. The molecule has 0 spiro atoms. The predicted octanol–water partition coefficient (Wildman–Crippen LogP) is 2.64. The second kappa shape index (κ2) is 4.41. The van der Waals surface area contributed by atoms with Gasteiger partial charge in [0, 0.05) is 10.0 Å². The molecule has 0 N–H and O–H groups in total. The summed E-state index contributed by atoms with van der Waals surface area (Å²) in [6.07, 6.45) is 5.34. The molecule has 3 fully saturated rings. The topological polar surface area (TPSA) is 54.5 Å². The summed E-state index contributed by atoms with van der Waals surface area (Å²) in [5.74, 6) is -0.327. The van der Waals surface area contributed by atoms with Crippen LogP contribution in [0.5, 0.6) is 0 Å². The highest BCUT2D eigenvalue weighted by Gasteiger charge is 2.67. The molecule has 0 aromatic heterocycles. The van der Waals surface area contributed by atoms with E-state index in [1.54, 1.807) is 24.3 Å². The summed E-state index contributed by atoms with van der Waals surface area (Å²) in [6, 6.07) is 6.76. The Labute approximate surface area is 141 Å². The summed E-state index contributed by atoms with van der Waals surface area (Å²) >= 11 is 3.32. The van der Waals surface area contributed by atoms with Gasteiger partial charge in [0.2, 0.25) is 11.8 Å². The van der Waals surface area contributed by atoms with Crippen LogP contribution in [0.25, 0.3) is 0 Å². The summed E-state index contributed by atoms with van der Waals surface area (Å²) in [5.41, 5.74) is 0.374. The molecule has 2 bridgehead atoms. The van der Waals surface area contributed by atoms with Gasteiger partial charge in [0.15, 0.2) is 0 Å². The number of carbonyl (C=O) groups excluding carboxylic acids is 3. The van der Waals surface area contributed by atoms with E-state index in [1.807, 2.05) is 0 Å². The molecule has 6 atom stereocenters. The molecule has 1 aromatic rings. The van der Waals surface area contributed by atoms with Crippen molar-refractivity contribution in [2.75, 3.05) is 0 Å². The summed E-state index contributed by atoms with van der Waals surface area (Å²) in [5, 5.41) is 0. The van der Waals surface area contributed by atoms with Gasteiger partial charge >= 0.3 is 0 Å². The molecule has 1 heterocycles. The maximum absolute atomic E-state index is 12.8. The Morgan fingerprint density at radius 3 is 2.00 bits per heavy atom. The lowest BCUT2D eigenvalue weighted by Gasteiger charge is -2.37. The number of amides is 3. The van der Waals surface area contributed by atoms with Gasteiger partial charge in [0.1, 0.15) is 0 Å². The van der Waals surface area contributed by atoms with Gasteiger partial charge < -0.3 is 0 Å².